The van der Waals surface area contributed by atoms with Crippen molar-refractivity contribution in [3.05, 3.63) is 57.7 Å². The second kappa shape index (κ2) is 4.69. The average Bonchev–Trinajstić information content (AvgIpc) is 2.90. The topological polar surface area (TPSA) is 126 Å². The minimum Gasteiger partial charge on any atom is -0.478 e. The largest absolute Gasteiger partial charge is 0.478 e. The summed E-state index contributed by atoms with van der Waals surface area (Å²) in [5, 5.41) is 19.6. The third-order valence-corrected chi connectivity index (χ3v) is 2.40. The number of rotatable bonds is 4. The summed E-state index contributed by atoms with van der Waals surface area (Å²) in [6, 6.07) is 3.02. The maximum absolute atomic E-state index is 12.0. The molecule has 0 spiro atoms. The minimum atomic E-state index is -1.42. The Bertz CT molecular complexity index is 663. The molecule has 0 bridgehead atoms. The first kappa shape index (κ1) is 12.4. The predicted molar refractivity (Wildman–Crippen MR) is 62.1 cm³/mol. The SMILES string of the molecule is O=C(O)c1cc([N+](=O)[O-])ccc1C(=O)c1ncc[nH]1. The molecule has 2 aromatic rings. The van der Waals surface area contributed by atoms with E-state index in [0.29, 0.717) is 0 Å². The number of hydrogen-bond donors (Lipinski definition) is 2. The van der Waals surface area contributed by atoms with Gasteiger partial charge in [-0.25, -0.2) is 9.78 Å². The number of benzene rings is 1. The van der Waals surface area contributed by atoms with Crippen LogP contribution in [0, 0.1) is 10.1 Å². The van der Waals surface area contributed by atoms with Gasteiger partial charge in [-0.05, 0) is 6.07 Å². The number of aromatic nitrogens is 2. The van der Waals surface area contributed by atoms with Gasteiger partial charge < -0.3 is 10.1 Å². The highest BCUT2D eigenvalue weighted by Gasteiger charge is 2.22. The molecule has 96 valence electrons. The zero-order chi connectivity index (χ0) is 14.0. The number of carbonyl (C=O) groups excluding carboxylic acids is 1. The fraction of sp³-hybridized carbons (Fsp3) is 0. The molecule has 8 nitrogen and oxygen atoms in total. The molecule has 0 amide bonds. The number of nitro benzene ring substituents is 1. The van der Waals surface area contributed by atoms with Crippen LogP contribution < -0.4 is 0 Å². The molecular formula is C11H7N3O5. The first-order valence-corrected chi connectivity index (χ1v) is 5.06. The van der Waals surface area contributed by atoms with E-state index >= 15 is 0 Å². The Kier molecular flexibility index (Phi) is 3.06. The number of carbonyl (C=O) groups is 2. The van der Waals surface area contributed by atoms with E-state index in [0.717, 1.165) is 18.2 Å². The third-order valence-electron chi connectivity index (χ3n) is 2.40. The molecule has 0 aliphatic heterocycles. The van der Waals surface area contributed by atoms with E-state index in [2.05, 4.69) is 9.97 Å². The number of imidazole rings is 1. The maximum atomic E-state index is 12.0. The van der Waals surface area contributed by atoms with Gasteiger partial charge in [0, 0.05) is 30.1 Å². The molecule has 0 unspecified atom stereocenters. The summed E-state index contributed by atoms with van der Waals surface area (Å²) in [4.78, 5) is 39.2. The third kappa shape index (κ3) is 2.32. The number of H-pyrrole nitrogens is 1. The van der Waals surface area contributed by atoms with Crippen molar-refractivity contribution in [2.24, 2.45) is 0 Å². The molecule has 0 saturated carbocycles. The predicted octanol–water partition coefficient (Wildman–Crippen LogP) is 1.25. The smallest absolute Gasteiger partial charge is 0.336 e. The van der Waals surface area contributed by atoms with Crippen LogP contribution in [-0.4, -0.2) is 31.8 Å². The number of carboxylic acid groups (broad SMARTS) is 1. The normalized spacial score (nSPS) is 10.1. The lowest BCUT2D eigenvalue weighted by Gasteiger charge is -2.03. The van der Waals surface area contributed by atoms with Crippen LogP contribution in [-0.2, 0) is 0 Å². The van der Waals surface area contributed by atoms with Gasteiger partial charge in [-0.2, -0.15) is 0 Å². The van der Waals surface area contributed by atoms with E-state index in [1.165, 1.54) is 12.4 Å². The van der Waals surface area contributed by atoms with Gasteiger partial charge in [-0.1, -0.05) is 0 Å². The molecule has 0 aliphatic rings. The number of aromatic amines is 1. The van der Waals surface area contributed by atoms with Crippen LogP contribution in [0.1, 0.15) is 26.5 Å². The van der Waals surface area contributed by atoms with Crippen LogP contribution in [0.3, 0.4) is 0 Å². The number of hydrogen-bond acceptors (Lipinski definition) is 5. The van der Waals surface area contributed by atoms with Crippen molar-refractivity contribution in [1.29, 1.82) is 0 Å². The van der Waals surface area contributed by atoms with Crippen molar-refractivity contribution in [3.63, 3.8) is 0 Å². The van der Waals surface area contributed by atoms with E-state index in [4.69, 9.17) is 5.11 Å². The number of nitrogens with one attached hydrogen (secondary N) is 1. The molecule has 0 aliphatic carbocycles. The first-order valence-electron chi connectivity index (χ1n) is 5.06. The van der Waals surface area contributed by atoms with Crippen LogP contribution in [0.2, 0.25) is 0 Å². The highest BCUT2D eigenvalue weighted by molar-refractivity contribution is 6.12. The molecule has 2 rings (SSSR count). The van der Waals surface area contributed by atoms with Gasteiger partial charge in [0.25, 0.3) is 5.69 Å². The van der Waals surface area contributed by atoms with Crippen molar-refractivity contribution in [1.82, 2.24) is 9.97 Å². The monoisotopic (exact) mass is 261 g/mol. The zero-order valence-electron chi connectivity index (χ0n) is 9.36. The molecule has 8 heteroatoms. The first-order chi connectivity index (χ1) is 9.00. The molecule has 0 saturated heterocycles. The summed E-state index contributed by atoms with van der Waals surface area (Å²) in [7, 11) is 0. The summed E-state index contributed by atoms with van der Waals surface area (Å²) >= 11 is 0. The van der Waals surface area contributed by atoms with Crippen LogP contribution in [0.25, 0.3) is 0 Å². The number of nitrogens with zero attached hydrogens (tertiary/aromatic N) is 2. The lowest BCUT2D eigenvalue weighted by atomic mass is 10.0. The number of carboxylic acids is 1. The van der Waals surface area contributed by atoms with Gasteiger partial charge in [0.15, 0.2) is 5.82 Å². The van der Waals surface area contributed by atoms with Gasteiger partial charge in [-0.15, -0.1) is 0 Å². The van der Waals surface area contributed by atoms with Crippen LogP contribution in [0.5, 0.6) is 0 Å². The molecule has 1 aromatic carbocycles. The zero-order valence-corrected chi connectivity index (χ0v) is 9.36. The fourth-order valence-corrected chi connectivity index (χ4v) is 1.54. The second-order valence-electron chi connectivity index (χ2n) is 3.56. The highest BCUT2D eigenvalue weighted by Crippen LogP contribution is 2.20. The number of aromatic carboxylic acids is 1. The summed E-state index contributed by atoms with van der Waals surface area (Å²) in [6.45, 7) is 0. The summed E-state index contributed by atoms with van der Waals surface area (Å²) < 4.78 is 0. The Morgan fingerprint density at radius 1 is 1.32 bits per heavy atom. The van der Waals surface area contributed by atoms with Gasteiger partial charge in [0.05, 0.1) is 10.5 Å². The van der Waals surface area contributed by atoms with Crippen LogP contribution >= 0.6 is 0 Å². The van der Waals surface area contributed by atoms with Crippen LogP contribution in [0.15, 0.2) is 30.6 Å². The summed E-state index contributed by atoms with van der Waals surface area (Å²) in [5.41, 5.74) is -0.989. The van der Waals surface area contributed by atoms with Crippen molar-refractivity contribution in [2.75, 3.05) is 0 Å². The molecule has 0 fully saturated rings. The van der Waals surface area contributed by atoms with Gasteiger partial charge in [0.1, 0.15) is 0 Å². The number of non-ortho nitro benzene ring substituents is 1. The minimum absolute atomic E-state index is 0.0312. The Labute approximate surface area is 105 Å². The molecule has 19 heavy (non-hydrogen) atoms. The van der Waals surface area contributed by atoms with E-state index in [1.807, 2.05) is 0 Å². The molecule has 1 heterocycles. The lowest BCUT2D eigenvalue weighted by Crippen LogP contribution is -2.11. The Hall–Kier alpha value is -3.03. The van der Waals surface area contributed by atoms with Crippen molar-refractivity contribution in [3.8, 4) is 0 Å². The molecule has 2 N–H and O–H groups in total. The molecule has 0 radical (unpaired) electrons. The van der Waals surface area contributed by atoms with E-state index in [-0.39, 0.29) is 11.4 Å². The van der Waals surface area contributed by atoms with Gasteiger partial charge in [-0.3, -0.25) is 14.9 Å². The van der Waals surface area contributed by atoms with E-state index in [1.54, 1.807) is 0 Å². The van der Waals surface area contributed by atoms with Crippen LogP contribution in [0.4, 0.5) is 5.69 Å². The fourth-order valence-electron chi connectivity index (χ4n) is 1.54. The van der Waals surface area contributed by atoms with E-state index < -0.39 is 27.9 Å². The van der Waals surface area contributed by atoms with E-state index in [9.17, 15) is 19.7 Å². The Morgan fingerprint density at radius 2 is 2.05 bits per heavy atom. The second-order valence-corrected chi connectivity index (χ2v) is 3.56. The summed E-state index contributed by atoms with van der Waals surface area (Å²) in [6.07, 6.45) is 2.76. The Morgan fingerprint density at radius 3 is 2.58 bits per heavy atom. The van der Waals surface area contributed by atoms with Crippen molar-refractivity contribution < 1.29 is 19.6 Å². The number of nitro groups is 1. The van der Waals surface area contributed by atoms with Crippen molar-refractivity contribution in [2.45, 2.75) is 0 Å². The maximum Gasteiger partial charge on any atom is 0.336 e. The lowest BCUT2D eigenvalue weighted by molar-refractivity contribution is -0.384. The average molecular weight is 261 g/mol. The standard InChI is InChI=1S/C11H7N3O5/c15-9(10-12-3-4-13-10)7-2-1-6(14(18)19)5-8(7)11(16)17/h1-5H,(H,12,13)(H,16,17). The quantitative estimate of drug-likeness (QED) is 0.484. The van der Waals surface area contributed by atoms with Gasteiger partial charge in [0.2, 0.25) is 5.78 Å². The summed E-state index contributed by atoms with van der Waals surface area (Å²) in [5.74, 6) is -2.09. The molecule has 1 aromatic heterocycles. The number of ketones is 1. The van der Waals surface area contributed by atoms with Gasteiger partial charge >= 0.3 is 5.97 Å². The molecule has 0 atom stereocenters. The molecular weight excluding hydrogens is 254 g/mol. The van der Waals surface area contributed by atoms with Crippen molar-refractivity contribution >= 4 is 17.4 Å². The highest BCUT2D eigenvalue weighted by atomic mass is 16.6. The Balaban J connectivity index is 2.54.